The van der Waals surface area contributed by atoms with E-state index in [0.717, 1.165) is 17.3 Å². The molecule has 0 bridgehead atoms. The highest BCUT2D eigenvalue weighted by molar-refractivity contribution is 6.62. The van der Waals surface area contributed by atoms with Gasteiger partial charge in [0.25, 0.3) is 0 Å². The number of hydrogen-bond donors (Lipinski definition) is 0. The predicted molar refractivity (Wildman–Crippen MR) is 77.3 cm³/mol. The smallest absolute Gasteiger partial charge is 0.399 e. The molecule has 0 saturated carbocycles. The Kier molecular flexibility index (Phi) is 3.65. The molecule has 0 aromatic heterocycles. The Morgan fingerprint density at radius 1 is 1.00 bits per heavy atom. The van der Waals surface area contributed by atoms with E-state index in [1.165, 1.54) is 6.08 Å². The van der Waals surface area contributed by atoms with Crippen molar-refractivity contribution < 1.29 is 14.1 Å². The van der Waals surface area contributed by atoms with Gasteiger partial charge in [-0.2, -0.15) is 0 Å². The molecule has 4 heteroatoms. The van der Waals surface area contributed by atoms with Gasteiger partial charge in [-0.15, -0.1) is 0 Å². The van der Waals surface area contributed by atoms with Crippen molar-refractivity contribution >= 4 is 24.9 Å². The second-order valence-corrected chi connectivity index (χ2v) is 5.75. The molecule has 0 atom stereocenters. The molecule has 1 aliphatic heterocycles. The van der Waals surface area contributed by atoms with Gasteiger partial charge in [-0.25, -0.2) is 0 Å². The van der Waals surface area contributed by atoms with Crippen LogP contribution >= 0.6 is 0 Å². The molecule has 1 saturated heterocycles. The van der Waals surface area contributed by atoms with Gasteiger partial charge in [0.05, 0.1) is 11.2 Å². The number of aldehydes is 1. The maximum atomic E-state index is 10.3. The van der Waals surface area contributed by atoms with E-state index in [-0.39, 0.29) is 18.3 Å². The summed E-state index contributed by atoms with van der Waals surface area (Å²) in [6.07, 6.45) is 4.01. The van der Waals surface area contributed by atoms with Crippen LogP contribution in [0.2, 0.25) is 0 Å². The highest BCUT2D eigenvalue weighted by atomic mass is 16.7. The summed E-state index contributed by atoms with van der Waals surface area (Å²) < 4.78 is 11.9. The van der Waals surface area contributed by atoms with Gasteiger partial charge in [-0.1, -0.05) is 30.3 Å². The van der Waals surface area contributed by atoms with Crippen molar-refractivity contribution in [3.05, 3.63) is 35.9 Å². The largest absolute Gasteiger partial charge is 0.494 e. The van der Waals surface area contributed by atoms with Gasteiger partial charge >= 0.3 is 7.12 Å². The van der Waals surface area contributed by atoms with Crippen molar-refractivity contribution in [2.75, 3.05) is 0 Å². The fourth-order valence-electron chi connectivity index (χ4n) is 1.89. The van der Waals surface area contributed by atoms with Crippen LogP contribution in [0.3, 0.4) is 0 Å². The lowest BCUT2D eigenvalue weighted by molar-refractivity contribution is -0.104. The lowest BCUT2D eigenvalue weighted by Gasteiger charge is -2.32. The van der Waals surface area contributed by atoms with Crippen LogP contribution in [0.25, 0.3) is 6.08 Å². The van der Waals surface area contributed by atoms with E-state index in [4.69, 9.17) is 9.31 Å². The van der Waals surface area contributed by atoms with Crippen LogP contribution in [0.5, 0.6) is 0 Å². The van der Waals surface area contributed by atoms with E-state index in [1.807, 2.05) is 52.0 Å². The van der Waals surface area contributed by atoms with Crippen molar-refractivity contribution in [1.82, 2.24) is 0 Å². The molecule has 100 valence electrons. The van der Waals surface area contributed by atoms with Crippen LogP contribution in [0.1, 0.15) is 33.3 Å². The maximum absolute atomic E-state index is 10.3. The number of hydrogen-bond acceptors (Lipinski definition) is 3. The third-order valence-corrected chi connectivity index (χ3v) is 3.83. The van der Waals surface area contributed by atoms with Gasteiger partial charge in [0.15, 0.2) is 0 Å². The third-order valence-electron chi connectivity index (χ3n) is 3.83. The normalized spacial score (nSPS) is 20.9. The van der Waals surface area contributed by atoms with Gasteiger partial charge in [-0.05, 0) is 44.8 Å². The Balaban J connectivity index is 2.16. The topological polar surface area (TPSA) is 35.5 Å². The van der Waals surface area contributed by atoms with Gasteiger partial charge in [0.1, 0.15) is 6.29 Å². The zero-order chi connectivity index (χ0) is 14.1. The zero-order valence-electron chi connectivity index (χ0n) is 11.8. The summed E-state index contributed by atoms with van der Waals surface area (Å²) in [4.78, 5) is 10.3. The van der Waals surface area contributed by atoms with E-state index >= 15 is 0 Å². The monoisotopic (exact) mass is 258 g/mol. The molecule has 1 fully saturated rings. The second-order valence-electron chi connectivity index (χ2n) is 5.75. The molecule has 19 heavy (non-hydrogen) atoms. The lowest BCUT2D eigenvalue weighted by atomic mass is 9.79. The van der Waals surface area contributed by atoms with E-state index in [9.17, 15) is 4.79 Å². The quantitative estimate of drug-likeness (QED) is 0.473. The summed E-state index contributed by atoms with van der Waals surface area (Å²) in [7, 11) is -0.339. The molecule has 2 rings (SSSR count). The molecule has 0 N–H and O–H groups in total. The van der Waals surface area contributed by atoms with Gasteiger partial charge < -0.3 is 9.31 Å². The van der Waals surface area contributed by atoms with E-state index < -0.39 is 0 Å². The first kappa shape index (κ1) is 14.0. The van der Waals surface area contributed by atoms with Gasteiger partial charge in [-0.3, -0.25) is 4.79 Å². The highest BCUT2D eigenvalue weighted by Gasteiger charge is 2.51. The van der Waals surface area contributed by atoms with Crippen LogP contribution in [-0.4, -0.2) is 24.6 Å². The summed E-state index contributed by atoms with van der Waals surface area (Å²) in [6, 6.07) is 7.82. The molecular formula is C15H19BO3. The summed E-state index contributed by atoms with van der Waals surface area (Å²) >= 11 is 0. The minimum absolute atomic E-state index is 0.326. The first-order valence-electron chi connectivity index (χ1n) is 6.43. The van der Waals surface area contributed by atoms with Crippen molar-refractivity contribution in [2.45, 2.75) is 38.9 Å². The number of allylic oxidation sites excluding steroid dienone is 1. The molecule has 0 aliphatic carbocycles. The Hall–Kier alpha value is -1.39. The predicted octanol–water partition coefficient (Wildman–Crippen LogP) is 2.20. The van der Waals surface area contributed by atoms with Crippen LogP contribution in [0, 0.1) is 0 Å². The molecule has 1 aromatic carbocycles. The molecule has 0 amide bonds. The van der Waals surface area contributed by atoms with E-state index in [2.05, 4.69) is 0 Å². The van der Waals surface area contributed by atoms with Crippen molar-refractivity contribution in [3.8, 4) is 0 Å². The lowest BCUT2D eigenvalue weighted by Crippen LogP contribution is -2.41. The molecule has 0 unspecified atom stereocenters. The molecule has 1 aliphatic rings. The highest BCUT2D eigenvalue weighted by Crippen LogP contribution is 2.36. The standard InChI is InChI=1S/C15H19BO3/c1-14(2)15(3,4)19-16(18-14)13-9-7-12(8-10-13)6-5-11-17/h5-11H,1-4H3. The van der Waals surface area contributed by atoms with Crippen molar-refractivity contribution in [3.63, 3.8) is 0 Å². The Morgan fingerprint density at radius 2 is 1.53 bits per heavy atom. The summed E-state index contributed by atoms with van der Waals surface area (Å²) in [5.41, 5.74) is 1.32. The fourth-order valence-corrected chi connectivity index (χ4v) is 1.89. The van der Waals surface area contributed by atoms with Crippen LogP contribution in [0.15, 0.2) is 30.3 Å². The van der Waals surface area contributed by atoms with Gasteiger partial charge in [0, 0.05) is 0 Å². The fraction of sp³-hybridized carbons (Fsp3) is 0.400. The summed E-state index contributed by atoms with van der Waals surface area (Å²) in [5, 5.41) is 0. The van der Waals surface area contributed by atoms with Crippen LogP contribution in [-0.2, 0) is 14.1 Å². The van der Waals surface area contributed by atoms with Crippen LogP contribution < -0.4 is 5.46 Å². The number of carbonyl (C=O) groups is 1. The van der Waals surface area contributed by atoms with Crippen molar-refractivity contribution in [2.24, 2.45) is 0 Å². The maximum Gasteiger partial charge on any atom is 0.494 e. The second kappa shape index (κ2) is 4.95. The third kappa shape index (κ3) is 2.80. The number of rotatable bonds is 3. The average Bonchev–Trinajstić information content (AvgIpc) is 2.56. The average molecular weight is 258 g/mol. The molecule has 1 aromatic rings. The Morgan fingerprint density at radius 3 is 2.00 bits per heavy atom. The number of benzene rings is 1. The molecule has 0 radical (unpaired) electrons. The Labute approximate surface area is 114 Å². The number of carbonyl (C=O) groups excluding carboxylic acids is 1. The summed E-state index contributed by atoms with van der Waals surface area (Å²) in [5.74, 6) is 0. The molecule has 0 spiro atoms. The van der Waals surface area contributed by atoms with Crippen molar-refractivity contribution in [1.29, 1.82) is 0 Å². The zero-order valence-corrected chi connectivity index (χ0v) is 11.8. The molecule has 3 nitrogen and oxygen atoms in total. The molecular weight excluding hydrogens is 239 g/mol. The Bertz CT molecular complexity index is 473. The van der Waals surface area contributed by atoms with Gasteiger partial charge in [0.2, 0.25) is 0 Å². The van der Waals surface area contributed by atoms with E-state index in [1.54, 1.807) is 6.08 Å². The summed E-state index contributed by atoms with van der Waals surface area (Å²) in [6.45, 7) is 8.14. The molecule has 1 heterocycles. The SMILES string of the molecule is CC1(C)OB(c2ccc(C=CC=O)cc2)OC1(C)C. The minimum atomic E-state index is -0.339. The first-order valence-corrected chi connectivity index (χ1v) is 6.43. The minimum Gasteiger partial charge on any atom is -0.399 e. The first-order chi connectivity index (χ1) is 8.86. The van der Waals surface area contributed by atoms with Crippen LogP contribution in [0.4, 0.5) is 0 Å². The van der Waals surface area contributed by atoms with E-state index in [0.29, 0.717) is 0 Å².